The number of nitrogens with one attached hydrogen (secondary N) is 1. The third-order valence-electron chi connectivity index (χ3n) is 3.69. The van der Waals surface area contributed by atoms with Gasteiger partial charge in [-0.05, 0) is 52.7 Å². The smallest absolute Gasteiger partial charge is 0.0639 e. The van der Waals surface area contributed by atoms with Gasteiger partial charge in [0.15, 0.2) is 0 Å². The van der Waals surface area contributed by atoms with Crippen LogP contribution in [0.1, 0.15) is 19.8 Å². The monoisotopic (exact) mass is 323 g/mol. The van der Waals surface area contributed by atoms with E-state index in [1.54, 1.807) is 0 Å². The molecule has 0 radical (unpaired) electrons. The first-order chi connectivity index (χ1) is 9.27. The second-order valence-corrected chi connectivity index (χ2v) is 6.02. The van der Waals surface area contributed by atoms with E-state index in [9.17, 15) is 0 Å². The molecule has 1 aromatic rings. The van der Waals surface area contributed by atoms with Crippen LogP contribution in [0.5, 0.6) is 0 Å². The fraction of sp³-hybridized carbons (Fsp3) is 0.500. The molecule has 0 saturated heterocycles. The minimum absolute atomic E-state index is 0.688. The highest BCUT2D eigenvalue weighted by atomic mass is 79.9. The van der Waals surface area contributed by atoms with Gasteiger partial charge >= 0.3 is 0 Å². The van der Waals surface area contributed by atoms with Crippen LogP contribution in [0.2, 0.25) is 0 Å². The molecule has 2 nitrogen and oxygen atoms in total. The van der Waals surface area contributed by atoms with Crippen molar-refractivity contribution in [2.75, 3.05) is 25.1 Å². The molecule has 0 spiro atoms. The molecule has 1 aromatic carbocycles. The molecule has 0 aromatic heterocycles. The highest BCUT2D eigenvalue weighted by Crippen LogP contribution is 2.25. The van der Waals surface area contributed by atoms with Crippen LogP contribution in [0, 0.1) is 11.8 Å². The fourth-order valence-electron chi connectivity index (χ4n) is 2.34. The molecule has 2 unspecified atom stereocenters. The maximum atomic E-state index is 5.79. The van der Waals surface area contributed by atoms with Crippen molar-refractivity contribution in [3.05, 3.63) is 40.9 Å². The topological polar surface area (TPSA) is 21.3 Å². The van der Waals surface area contributed by atoms with Crippen LogP contribution in [0.25, 0.3) is 0 Å². The zero-order valence-electron chi connectivity index (χ0n) is 11.4. The molecule has 0 aliphatic heterocycles. The number of allylic oxidation sites excluding steroid dienone is 2. The Labute approximate surface area is 124 Å². The number of halogens is 1. The van der Waals surface area contributed by atoms with E-state index in [-0.39, 0.29) is 0 Å². The first-order valence-electron chi connectivity index (χ1n) is 6.98. The average Bonchev–Trinajstić information content (AvgIpc) is 2.42. The predicted octanol–water partition coefficient (Wildman–Crippen LogP) is 4.48. The molecule has 0 saturated carbocycles. The summed E-state index contributed by atoms with van der Waals surface area (Å²) in [4.78, 5) is 0. The lowest BCUT2D eigenvalue weighted by Gasteiger charge is -2.25. The van der Waals surface area contributed by atoms with Crippen LogP contribution in [-0.4, -0.2) is 19.8 Å². The summed E-state index contributed by atoms with van der Waals surface area (Å²) in [7, 11) is 0. The molecular weight excluding hydrogens is 302 g/mol. The summed E-state index contributed by atoms with van der Waals surface area (Å²) in [6, 6.07) is 8.16. The molecule has 3 heteroatoms. The lowest BCUT2D eigenvalue weighted by Crippen LogP contribution is -2.21. The SMILES string of the molecule is CC1CC=CCC1COCCNc1ccccc1Br. The Kier molecular flexibility index (Phi) is 5.93. The van der Waals surface area contributed by atoms with Gasteiger partial charge in [-0.2, -0.15) is 0 Å². The Morgan fingerprint density at radius 2 is 2.05 bits per heavy atom. The Hall–Kier alpha value is -0.800. The molecule has 1 N–H and O–H groups in total. The summed E-state index contributed by atoms with van der Waals surface area (Å²) < 4.78 is 6.89. The van der Waals surface area contributed by atoms with Crippen LogP contribution in [0.3, 0.4) is 0 Å². The van der Waals surface area contributed by atoms with Crippen LogP contribution in [-0.2, 0) is 4.74 Å². The quantitative estimate of drug-likeness (QED) is 0.615. The first-order valence-corrected chi connectivity index (χ1v) is 7.78. The summed E-state index contributed by atoms with van der Waals surface area (Å²) in [5, 5.41) is 3.38. The number of para-hydroxylation sites is 1. The van der Waals surface area contributed by atoms with Crippen LogP contribution >= 0.6 is 15.9 Å². The molecule has 1 aliphatic rings. The van der Waals surface area contributed by atoms with Gasteiger partial charge in [0.2, 0.25) is 0 Å². The minimum Gasteiger partial charge on any atom is -0.382 e. The molecule has 2 rings (SSSR count). The van der Waals surface area contributed by atoms with Crippen molar-refractivity contribution in [2.24, 2.45) is 11.8 Å². The molecule has 0 bridgehead atoms. The second kappa shape index (κ2) is 7.71. The molecule has 0 heterocycles. The third kappa shape index (κ3) is 4.66. The molecule has 2 atom stereocenters. The number of anilines is 1. The van der Waals surface area contributed by atoms with Gasteiger partial charge in [-0.3, -0.25) is 0 Å². The summed E-state index contributed by atoms with van der Waals surface area (Å²) >= 11 is 3.52. The Balaban J connectivity index is 1.62. The standard InChI is InChI=1S/C16H22BrNO/c1-13-6-2-3-7-14(13)12-19-11-10-18-16-9-5-4-8-15(16)17/h2-5,8-9,13-14,18H,6-7,10-12H2,1H3. The first kappa shape index (κ1) is 14.6. The average molecular weight is 324 g/mol. The zero-order valence-corrected chi connectivity index (χ0v) is 13.0. The van der Waals surface area contributed by atoms with Gasteiger partial charge < -0.3 is 10.1 Å². The number of ether oxygens (including phenoxy) is 1. The molecule has 104 valence electrons. The van der Waals surface area contributed by atoms with Gasteiger partial charge in [0.1, 0.15) is 0 Å². The second-order valence-electron chi connectivity index (χ2n) is 5.16. The van der Waals surface area contributed by atoms with E-state index in [1.807, 2.05) is 18.2 Å². The Morgan fingerprint density at radius 3 is 2.84 bits per heavy atom. The maximum Gasteiger partial charge on any atom is 0.0639 e. The van der Waals surface area contributed by atoms with E-state index in [0.29, 0.717) is 5.92 Å². The van der Waals surface area contributed by atoms with Crippen LogP contribution < -0.4 is 5.32 Å². The van der Waals surface area contributed by atoms with Crippen molar-refractivity contribution in [2.45, 2.75) is 19.8 Å². The summed E-state index contributed by atoms with van der Waals surface area (Å²) in [5.74, 6) is 1.44. The van der Waals surface area contributed by atoms with Crippen molar-refractivity contribution in [3.63, 3.8) is 0 Å². The van der Waals surface area contributed by atoms with Gasteiger partial charge in [-0.25, -0.2) is 0 Å². The summed E-state index contributed by atoms with van der Waals surface area (Å²) in [5.41, 5.74) is 1.13. The minimum atomic E-state index is 0.688. The highest BCUT2D eigenvalue weighted by molar-refractivity contribution is 9.10. The highest BCUT2D eigenvalue weighted by Gasteiger charge is 2.17. The van der Waals surface area contributed by atoms with Gasteiger partial charge in [0.05, 0.1) is 13.2 Å². The molecule has 19 heavy (non-hydrogen) atoms. The summed E-state index contributed by atoms with van der Waals surface area (Å²) in [6.07, 6.45) is 6.94. The Bertz CT molecular complexity index is 419. The number of rotatable bonds is 6. The lowest BCUT2D eigenvalue weighted by atomic mass is 9.85. The summed E-state index contributed by atoms with van der Waals surface area (Å²) in [6.45, 7) is 4.80. The molecule has 0 amide bonds. The van der Waals surface area contributed by atoms with Gasteiger partial charge in [0.25, 0.3) is 0 Å². The fourth-order valence-corrected chi connectivity index (χ4v) is 2.76. The van der Waals surface area contributed by atoms with E-state index >= 15 is 0 Å². The van der Waals surface area contributed by atoms with Gasteiger partial charge in [-0.15, -0.1) is 0 Å². The van der Waals surface area contributed by atoms with Crippen molar-refractivity contribution in [3.8, 4) is 0 Å². The molecule has 0 fully saturated rings. The molecular formula is C16H22BrNO. The maximum absolute atomic E-state index is 5.79. The third-order valence-corrected chi connectivity index (χ3v) is 4.38. The van der Waals surface area contributed by atoms with E-state index in [2.05, 4.69) is 46.4 Å². The van der Waals surface area contributed by atoms with Crippen molar-refractivity contribution in [1.29, 1.82) is 0 Å². The van der Waals surface area contributed by atoms with Crippen molar-refractivity contribution in [1.82, 2.24) is 0 Å². The number of hydrogen-bond acceptors (Lipinski definition) is 2. The van der Waals surface area contributed by atoms with Gasteiger partial charge in [-0.1, -0.05) is 31.2 Å². The Morgan fingerprint density at radius 1 is 1.26 bits per heavy atom. The van der Waals surface area contributed by atoms with E-state index in [1.165, 1.54) is 12.8 Å². The van der Waals surface area contributed by atoms with Gasteiger partial charge in [0, 0.05) is 16.7 Å². The van der Waals surface area contributed by atoms with E-state index in [0.717, 1.165) is 35.8 Å². The predicted molar refractivity (Wildman–Crippen MR) is 84.5 cm³/mol. The van der Waals surface area contributed by atoms with Crippen LogP contribution in [0.15, 0.2) is 40.9 Å². The zero-order chi connectivity index (χ0) is 13.5. The van der Waals surface area contributed by atoms with E-state index in [4.69, 9.17) is 4.74 Å². The van der Waals surface area contributed by atoms with Crippen LogP contribution in [0.4, 0.5) is 5.69 Å². The van der Waals surface area contributed by atoms with E-state index < -0.39 is 0 Å². The van der Waals surface area contributed by atoms with Crippen molar-refractivity contribution >= 4 is 21.6 Å². The number of benzene rings is 1. The normalized spacial score (nSPS) is 22.4. The number of hydrogen-bond donors (Lipinski definition) is 1. The van der Waals surface area contributed by atoms with Crippen molar-refractivity contribution < 1.29 is 4.74 Å². The molecule has 1 aliphatic carbocycles. The largest absolute Gasteiger partial charge is 0.382 e. The lowest BCUT2D eigenvalue weighted by molar-refractivity contribution is 0.0860.